The van der Waals surface area contributed by atoms with E-state index in [4.69, 9.17) is 0 Å². The van der Waals surface area contributed by atoms with Gasteiger partial charge in [0.1, 0.15) is 6.04 Å². The molecule has 6 heteroatoms. The molecule has 2 N–H and O–H groups in total. The molecule has 140 valence electrons. The summed E-state index contributed by atoms with van der Waals surface area (Å²) in [5.74, 6) is -1.47. The summed E-state index contributed by atoms with van der Waals surface area (Å²) in [6.07, 6.45) is 5.20. The van der Waals surface area contributed by atoms with E-state index in [-0.39, 0.29) is 0 Å². The molecule has 0 unspecified atom stereocenters. The monoisotopic (exact) mass is 365 g/mol. The van der Waals surface area contributed by atoms with Gasteiger partial charge < -0.3 is 15.0 Å². The van der Waals surface area contributed by atoms with Crippen molar-refractivity contribution in [1.82, 2.24) is 14.9 Å². The Kier molecular flexibility index (Phi) is 4.99. The van der Waals surface area contributed by atoms with Gasteiger partial charge in [0.15, 0.2) is 0 Å². The van der Waals surface area contributed by atoms with E-state index in [2.05, 4.69) is 10.3 Å². The van der Waals surface area contributed by atoms with E-state index in [1.54, 1.807) is 45.4 Å². The molecule has 3 rings (SSSR count). The summed E-state index contributed by atoms with van der Waals surface area (Å²) in [7, 11) is 0. The predicted octanol–water partition coefficient (Wildman–Crippen LogP) is 3.27. The van der Waals surface area contributed by atoms with E-state index < -0.39 is 23.3 Å². The Morgan fingerprint density at radius 1 is 1.19 bits per heavy atom. The van der Waals surface area contributed by atoms with Crippen LogP contribution in [0.4, 0.5) is 0 Å². The normalized spacial score (nSPS) is 12.7. The smallest absolute Gasteiger partial charge is 0.326 e. The minimum atomic E-state index is -1.05. The predicted molar refractivity (Wildman–Crippen MR) is 103 cm³/mol. The SMILES string of the molecule is CC(C)(C)[C@H](NC(=O)c1cc2cncc-2n(Cc2ccccc2)c1)C(=O)O. The van der Waals surface area contributed by atoms with E-state index in [9.17, 15) is 14.7 Å². The standard InChI is InChI=1S/C21H23N3O3/c1-21(2,3)18(20(26)27)23-19(25)16-9-15-10-22-11-17(15)24(13-16)12-14-7-5-4-6-8-14/h4-11,13,18H,12H2,1-3H3,(H,23,25)(H,26,27)/t18-/m1/s1. The molecule has 0 aromatic heterocycles. The summed E-state index contributed by atoms with van der Waals surface area (Å²) in [6.45, 7) is 5.94. The lowest BCUT2D eigenvalue weighted by molar-refractivity contribution is -0.142. The van der Waals surface area contributed by atoms with Crippen LogP contribution in [-0.2, 0) is 11.3 Å². The molecule has 0 spiro atoms. The Morgan fingerprint density at radius 2 is 1.89 bits per heavy atom. The van der Waals surface area contributed by atoms with Crippen molar-refractivity contribution in [2.24, 2.45) is 5.41 Å². The van der Waals surface area contributed by atoms with Crippen LogP contribution < -0.4 is 5.32 Å². The Balaban J connectivity index is 1.94. The van der Waals surface area contributed by atoms with E-state index in [0.29, 0.717) is 12.1 Å². The molecule has 2 heterocycles. The fourth-order valence-corrected chi connectivity index (χ4v) is 3.02. The van der Waals surface area contributed by atoms with Gasteiger partial charge in [0.05, 0.1) is 17.5 Å². The summed E-state index contributed by atoms with van der Waals surface area (Å²) < 4.78 is 1.96. The van der Waals surface area contributed by atoms with Crippen molar-refractivity contribution in [3.8, 4) is 11.3 Å². The molecule has 2 aliphatic rings. The third-order valence-corrected chi connectivity index (χ3v) is 4.47. The van der Waals surface area contributed by atoms with Crippen LogP contribution in [0.15, 0.2) is 55.0 Å². The molecule has 1 atom stereocenters. The maximum Gasteiger partial charge on any atom is 0.326 e. The summed E-state index contributed by atoms with van der Waals surface area (Å²) >= 11 is 0. The minimum Gasteiger partial charge on any atom is -0.480 e. The van der Waals surface area contributed by atoms with Crippen LogP contribution in [0, 0.1) is 5.41 Å². The lowest BCUT2D eigenvalue weighted by atomic mass is 9.86. The first kappa shape index (κ1) is 18.6. The van der Waals surface area contributed by atoms with Crippen LogP contribution in [-0.4, -0.2) is 32.6 Å². The Hall–Kier alpha value is -3.15. The van der Waals surface area contributed by atoms with Crippen LogP contribution in [0.25, 0.3) is 11.3 Å². The Labute approximate surface area is 158 Å². The topological polar surface area (TPSA) is 84.2 Å². The van der Waals surface area contributed by atoms with Gasteiger partial charge in [-0.05, 0) is 17.0 Å². The van der Waals surface area contributed by atoms with E-state index >= 15 is 0 Å². The molecule has 0 radical (unpaired) electrons. The van der Waals surface area contributed by atoms with Gasteiger partial charge in [-0.15, -0.1) is 0 Å². The van der Waals surface area contributed by atoms with E-state index in [0.717, 1.165) is 16.8 Å². The molecule has 0 bridgehead atoms. The van der Waals surface area contributed by atoms with Crippen molar-refractivity contribution in [3.63, 3.8) is 0 Å². The number of hydrogen-bond donors (Lipinski definition) is 2. The lowest BCUT2D eigenvalue weighted by Crippen LogP contribution is -2.49. The van der Waals surface area contributed by atoms with Gasteiger partial charge in [0.2, 0.25) is 0 Å². The zero-order chi connectivity index (χ0) is 19.6. The minimum absolute atomic E-state index is 0.405. The number of carbonyl (C=O) groups excluding carboxylic acids is 1. The van der Waals surface area contributed by atoms with E-state index in [1.807, 2.05) is 34.9 Å². The number of hydrogen-bond acceptors (Lipinski definition) is 3. The zero-order valence-corrected chi connectivity index (χ0v) is 15.6. The highest BCUT2D eigenvalue weighted by molar-refractivity contribution is 5.97. The molecule has 0 saturated heterocycles. The molecule has 1 aromatic carbocycles. The average Bonchev–Trinajstić information content (AvgIpc) is 3.08. The second-order valence-corrected chi connectivity index (χ2v) is 7.70. The molecule has 0 aliphatic carbocycles. The summed E-state index contributed by atoms with van der Waals surface area (Å²) in [5, 5.41) is 12.1. The van der Waals surface area contributed by atoms with Crippen LogP contribution in [0.2, 0.25) is 0 Å². The van der Waals surface area contributed by atoms with Gasteiger partial charge in [-0.1, -0.05) is 51.1 Å². The highest BCUT2D eigenvalue weighted by Gasteiger charge is 2.33. The second kappa shape index (κ2) is 7.23. The van der Waals surface area contributed by atoms with Crippen molar-refractivity contribution in [3.05, 3.63) is 66.1 Å². The number of amides is 1. The number of pyridine rings is 1. The molecule has 6 nitrogen and oxygen atoms in total. The molecule has 1 amide bonds. The molecule has 0 fully saturated rings. The van der Waals surface area contributed by atoms with Crippen molar-refractivity contribution >= 4 is 11.9 Å². The van der Waals surface area contributed by atoms with E-state index in [1.165, 1.54) is 0 Å². The summed E-state index contributed by atoms with van der Waals surface area (Å²) in [4.78, 5) is 28.5. The third-order valence-electron chi connectivity index (χ3n) is 4.47. The molecular weight excluding hydrogens is 342 g/mol. The second-order valence-electron chi connectivity index (χ2n) is 7.70. The molecular formula is C21H23N3O3. The highest BCUT2D eigenvalue weighted by atomic mass is 16.4. The molecule has 27 heavy (non-hydrogen) atoms. The number of aliphatic carboxylic acids is 1. The van der Waals surface area contributed by atoms with Crippen LogP contribution >= 0.6 is 0 Å². The number of rotatable bonds is 5. The van der Waals surface area contributed by atoms with Crippen molar-refractivity contribution in [2.75, 3.05) is 0 Å². The van der Waals surface area contributed by atoms with Crippen LogP contribution in [0.5, 0.6) is 0 Å². The number of nitrogens with zero attached hydrogens (tertiary/aromatic N) is 2. The Bertz CT molecular complexity index is 925. The fraction of sp³-hybridized carbons (Fsp3) is 0.286. The lowest BCUT2D eigenvalue weighted by Gasteiger charge is -2.28. The van der Waals surface area contributed by atoms with Crippen molar-refractivity contribution < 1.29 is 14.7 Å². The van der Waals surface area contributed by atoms with Crippen molar-refractivity contribution in [1.29, 1.82) is 0 Å². The first-order valence-corrected chi connectivity index (χ1v) is 8.77. The van der Waals surface area contributed by atoms with Crippen molar-refractivity contribution in [2.45, 2.75) is 33.4 Å². The van der Waals surface area contributed by atoms with Gasteiger partial charge in [0.25, 0.3) is 5.91 Å². The molecule has 1 aromatic rings. The fourth-order valence-electron chi connectivity index (χ4n) is 3.02. The van der Waals surface area contributed by atoms with Gasteiger partial charge in [-0.2, -0.15) is 0 Å². The number of fused-ring (bicyclic) bond motifs is 1. The van der Waals surface area contributed by atoms with Crippen LogP contribution in [0.1, 0.15) is 36.7 Å². The molecule has 2 aliphatic heterocycles. The van der Waals surface area contributed by atoms with Gasteiger partial charge in [-0.25, -0.2) is 4.79 Å². The third kappa shape index (κ3) is 4.16. The van der Waals surface area contributed by atoms with Gasteiger partial charge in [-0.3, -0.25) is 9.78 Å². The average molecular weight is 365 g/mol. The first-order chi connectivity index (χ1) is 12.8. The number of nitrogens with one attached hydrogen (secondary N) is 1. The number of carboxylic acid groups (broad SMARTS) is 1. The number of carbonyl (C=O) groups is 2. The van der Waals surface area contributed by atoms with Crippen LogP contribution in [0.3, 0.4) is 0 Å². The first-order valence-electron chi connectivity index (χ1n) is 8.77. The maximum absolute atomic E-state index is 12.8. The maximum atomic E-state index is 12.8. The summed E-state index contributed by atoms with van der Waals surface area (Å²) in [6, 6.07) is 10.7. The zero-order valence-electron chi connectivity index (χ0n) is 15.6. The largest absolute Gasteiger partial charge is 0.480 e. The number of aromatic nitrogens is 2. The molecule has 0 saturated carbocycles. The highest BCUT2D eigenvalue weighted by Crippen LogP contribution is 2.25. The number of carboxylic acids is 1. The quantitative estimate of drug-likeness (QED) is 0.727. The van der Waals surface area contributed by atoms with Gasteiger partial charge in [0, 0.05) is 24.5 Å². The number of benzene rings is 1. The van der Waals surface area contributed by atoms with Gasteiger partial charge >= 0.3 is 5.97 Å². The Morgan fingerprint density at radius 3 is 2.52 bits per heavy atom. The summed E-state index contributed by atoms with van der Waals surface area (Å²) in [5.41, 5.74) is 2.65.